The third kappa shape index (κ3) is 1.55. The summed E-state index contributed by atoms with van der Waals surface area (Å²) in [5, 5.41) is 6.17. The minimum atomic E-state index is 0.0221. The molecule has 0 spiro atoms. The number of carbonyl (C=O) groups excluding carboxylic acids is 1. The van der Waals surface area contributed by atoms with Gasteiger partial charge in [0.2, 0.25) is 0 Å². The van der Waals surface area contributed by atoms with E-state index in [1.165, 1.54) is 11.1 Å². The Morgan fingerprint density at radius 3 is 2.94 bits per heavy atom. The van der Waals surface area contributed by atoms with E-state index in [1.54, 1.807) is 0 Å². The summed E-state index contributed by atoms with van der Waals surface area (Å²) >= 11 is 0. The van der Waals surface area contributed by atoms with Crippen molar-refractivity contribution in [3.05, 3.63) is 29.3 Å². The first kappa shape index (κ1) is 9.66. The quantitative estimate of drug-likeness (QED) is 0.733. The molecule has 0 aliphatic carbocycles. The summed E-state index contributed by atoms with van der Waals surface area (Å²) in [7, 11) is 0. The number of nitrogens with one attached hydrogen (secondary N) is 2. The van der Waals surface area contributed by atoms with Crippen LogP contribution in [0.4, 0.5) is 10.5 Å². The maximum atomic E-state index is 11.5. The van der Waals surface area contributed by atoms with Gasteiger partial charge in [0, 0.05) is 25.3 Å². The summed E-state index contributed by atoms with van der Waals surface area (Å²) in [6.45, 7) is 3.50. The summed E-state index contributed by atoms with van der Waals surface area (Å²) in [4.78, 5) is 13.4. The standard InChI is InChI=1S/C12H15N3O/c16-12-14-5-6-15(12)11-2-1-10-8-13-4-3-9(10)7-11/h1-2,7,13H,3-6,8H2,(H,14,16). The Balaban J connectivity index is 1.93. The molecule has 0 radical (unpaired) electrons. The van der Waals surface area contributed by atoms with Crippen molar-refractivity contribution in [2.75, 3.05) is 24.5 Å². The van der Waals surface area contributed by atoms with Crippen LogP contribution >= 0.6 is 0 Å². The molecule has 0 saturated carbocycles. The molecule has 84 valence electrons. The first-order valence-corrected chi connectivity index (χ1v) is 5.72. The van der Waals surface area contributed by atoms with E-state index in [0.29, 0.717) is 0 Å². The molecule has 0 bridgehead atoms. The number of benzene rings is 1. The van der Waals surface area contributed by atoms with Crippen LogP contribution in [0.3, 0.4) is 0 Å². The van der Waals surface area contributed by atoms with Crippen LogP contribution in [0.5, 0.6) is 0 Å². The Labute approximate surface area is 94.6 Å². The lowest BCUT2D eigenvalue weighted by atomic mass is 10.0. The summed E-state index contributed by atoms with van der Waals surface area (Å²) < 4.78 is 0. The van der Waals surface area contributed by atoms with Crippen LogP contribution < -0.4 is 15.5 Å². The number of nitrogens with zero attached hydrogens (tertiary/aromatic N) is 1. The van der Waals surface area contributed by atoms with Crippen LogP contribution in [0.25, 0.3) is 0 Å². The van der Waals surface area contributed by atoms with Crippen molar-refractivity contribution >= 4 is 11.7 Å². The fourth-order valence-corrected chi connectivity index (χ4v) is 2.35. The molecule has 0 atom stereocenters. The molecular formula is C12H15N3O. The molecule has 1 fully saturated rings. The van der Waals surface area contributed by atoms with Gasteiger partial charge in [-0.3, -0.25) is 4.90 Å². The Kier molecular flexibility index (Phi) is 2.29. The van der Waals surface area contributed by atoms with Crippen LogP contribution in [-0.2, 0) is 13.0 Å². The first-order chi connectivity index (χ1) is 7.84. The predicted octanol–water partition coefficient (Wildman–Crippen LogP) is 0.862. The van der Waals surface area contributed by atoms with Crippen molar-refractivity contribution in [2.45, 2.75) is 13.0 Å². The van der Waals surface area contributed by atoms with Gasteiger partial charge >= 0.3 is 6.03 Å². The lowest BCUT2D eigenvalue weighted by Crippen LogP contribution is -2.28. The fraction of sp³-hybridized carbons (Fsp3) is 0.417. The zero-order valence-corrected chi connectivity index (χ0v) is 9.12. The molecule has 2 heterocycles. The average Bonchev–Trinajstić information content (AvgIpc) is 2.75. The molecule has 4 heteroatoms. The Morgan fingerprint density at radius 2 is 2.12 bits per heavy atom. The number of carbonyl (C=O) groups is 1. The number of hydrogen-bond donors (Lipinski definition) is 2. The SMILES string of the molecule is O=C1NCCN1c1ccc2c(c1)CCNC2. The normalized spacial score (nSPS) is 19.5. The number of anilines is 1. The zero-order valence-electron chi connectivity index (χ0n) is 9.12. The lowest BCUT2D eigenvalue weighted by molar-refractivity contribution is 0.252. The van der Waals surface area contributed by atoms with Crippen molar-refractivity contribution < 1.29 is 4.79 Å². The zero-order chi connectivity index (χ0) is 11.0. The summed E-state index contributed by atoms with van der Waals surface area (Å²) in [6, 6.07) is 6.34. The van der Waals surface area contributed by atoms with E-state index in [-0.39, 0.29) is 6.03 Å². The van der Waals surface area contributed by atoms with Gasteiger partial charge in [-0.15, -0.1) is 0 Å². The largest absolute Gasteiger partial charge is 0.336 e. The minimum Gasteiger partial charge on any atom is -0.336 e. The smallest absolute Gasteiger partial charge is 0.321 e. The van der Waals surface area contributed by atoms with Gasteiger partial charge in [-0.2, -0.15) is 0 Å². The van der Waals surface area contributed by atoms with Crippen LogP contribution in [0, 0.1) is 0 Å². The number of rotatable bonds is 1. The Morgan fingerprint density at radius 1 is 1.19 bits per heavy atom. The van der Waals surface area contributed by atoms with Crippen LogP contribution in [0.2, 0.25) is 0 Å². The van der Waals surface area contributed by atoms with Crippen molar-refractivity contribution in [1.29, 1.82) is 0 Å². The van der Waals surface area contributed by atoms with E-state index in [2.05, 4.69) is 22.8 Å². The number of fused-ring (bicyclic) bond motifs is 1. The maximum absolute atomic E-state index is 11.5. The van der Waals surface area contributed by atoms with Gasteiger partial charge in [-0.1, -0.05) is 6.07 Å². The monoisotopic (exact) mass is 217 g/mol. The average molecular weight is 217 g/mol. The predicted molar refractivity (Wildman–Crippen MR) is 62.6 cm³/mol. The third-order valence-electron chi connectivity index (χ3n) is 3.24. The molecular weight excluding hydrogens is 202 g/mol. The highest BCUT2D eigenvalue weighted by Gasteiger charge is 2.22. The van der Waals surface area contributed by atoms with Gasteiger partial charge in [-0.25, -0.2) is 4.79 Å². The Bertz CT molecular complexity index is 430. The second-order valence-electron chi connectivity index (χ2n) is 4.26. The molecule has 2 aliphatic heterocycles. The molecule has 2 amide bonds. The number of urea groups is 1. The van der Waals surface area contributed by atoms with E-state index in [4.69, 9.17) is 0 Å². The van der Waals surface area contributed by atoms with Crippen molar-refractivity contribution in [3.8, 4) is 0 Å². The van der Waals surface area contributed by atoms with Crippen molar-refractivity contribution in [2.24, 2.45) is 0 Å². The maximum Gasteiger partial charge on any atom is 0.321 e. The third-order valence-corrected chi connectivity index (χ3v) is 3.24. The van der Waals surface area contributed by atoms with E-state index >= 15 is 0 Å². The van der Waals surface area contributed by atoms with Gasteiger partial charge in [0.15, 0.2) is 0 Å². The van der Waals surface area contributed by atoms with E-state index in [1.807, 2.05) is 11.0 Å². The molecule has 4 nitrogen and oxygen atoms in total. The van der Waals surface area contributed by atoms with Crippen molar-refractivity contribution in [1.82, 2.24) is 10.6 Å². The summed E-state index contributed by atoms with van der Waals surface area (Å²) in [5.41, 5.74) is 3.75. The van der Waals surface area contributed by atoms with Gasteiger partial charge < -0.3 is 10.6 Å². The highest BCUT2D eigenvalue weighted by Crippen LogP contribution is 2.23. The lowest BCUT2D eigenvalue weighted by Gasteiger charge is -2.21. The van der Waals surface area contributed by atoms with Crippen LogP contribution in [-0.4, -0.2) is 25.7 Å². The van der Waals surface area contributed by atoms with Gasteiger partial charge in [0.05, 0.1) is 0 Å². The highest BCUT2D eigenvalue weighted by molar-refractivity contribution is 5.94. The molecule has 0 unspecified atom stereocenters. The molecule has 2 N–H and O–H groups in total. The van der Waals surface area contributed by atoms with Gasteiger partial charge in [-0.05, 0) is 36.2 Å². The highest BCUT2D eigenvalue weighted by atomic mass is 16.2. The summed E-state index contributed by atoms with van der Waals surface area (Å²) in [6.07, 6.45) is 1.05. The molecule has 1 aromatic carbocycles. The Hall–Kier alpha value is -1.55. The van der Waals surface area contributed by atoms with Crippen LogP contribution in [0.15, 0.2) is 18.2 Å². The molecule has 3 rings (SSSR count). The second-order valence-corrected chi connectivity index (χ2v) is 4.26. The topological polar surface area (TPSA) is 44.4 Å². The number of hydrogen-bond acceptors (Lipinski definition) is 2. The molecule has 16 heavy (non-hydrogen) atoms. The van der Waals surface area contributed by atoms with Crippen LogP contribution in [0.1, 0.15) is 11.1 Å². The summed E-state index contributed by atoms with van der Waals surface area (Å²) in [5.74, 6) is 0. The van der Waals surface area contributed by atoms with E-state index < -0.39 is 0 Å². The van der Waals surface area contributed by atoms with E-state index in [9.17, 15) is 4.79 Å². The van der Waals surface area contributed by atoms with Gasteiger partial charge in [0.25, 0.3) is 0 Å². The second kappa shape index (κ2) is 3.79. The molecule has 2 aliphatic rings. The minimum absolute atomic E-state index is 0.0221. The first-order valence-electron chi connectivity index (χ1n) is 5.72. The number of amides is 2. The molecule has 0 aromatic heterocycles. The van der Waals surface area contributed by atoms with E-state index in [0.717, 1.165) is 38.3 Å². The molecule has 1 saturated heterocycles. The van der Waals surface area contributed by atoms with Gasteiger partial charge in [0.1, 0.15) is 0 Å². The van der Waals surface area contributed by atoms with Crippen molar-refractivity contribution in [3.63, 3.8) is 0 Å². The fourth-order valence-electron chi connectivity index (χ4n) is 2.35. The molecule has 1 aromatic rings.